The number of halogens is 3. The normalized spacial score (nSPS) is 11.2. The van der Waals surface area contributed by atoms with Gasteiger partial charge in [-0.25, -0.2) is 0 Å². The highest BCUT2D eigenvalue weighted by Gasteiger charge is 2.35. The number of amides is 2. The van der Waals surface area contributed by atoms with Crippen LogP contribution in [0, 0.1) is 13.8 Å². The molecule has 1 aromatic heterocycles. The van der Waals surface area contributed by atoms with Gasteiger partial charge in [0.15, 0.2) is 0 Å². The summed E-state index contributed by atoms with van der Waals surface area (Å²) >= 11 is 0.228. The zero-order valence-corrected chi connectivity index (χ0v) is 14.2. The van der Waals surface area contributed by atoms with Crippen molar-refractivity contribution in [3.05, 3.63) is 34.3 Å². The molecular formula is C15H15F3N4O2S. The van der Waals surface area contributed by atoms with Crippen molar-refractivity contribution in [1.82, 2.24) is 10.2 Å². The van der Waals surface area contributed by atoms with Crippen LogP contribution in [0.4, 0.5) is 24.0 Å². The Morgan fingerprint density at radius 1 is 1.04 bits per heavy atom. The Labute approximate surface area is 145 Å². The lowest BCUT2D eigenvalue weighted by atomic mass is 10.1. The van der Waals surface area contributed by atoms with Crippen LogP contribution in [0.15, 0.2) is 18.2 Å². The largest absolute Gasteiger partial charge is 0.445 e. The van der Waals surface area contributed by atoms with Gasteiger partial charge < -0.3 is 10.6 Å². The average Bonchev–Trinajstić information content (AvgIpc) is 2.98. The minimum absolute atomic E-state index is 0.107. The van der Waals surface area contributed by atoms with Gasteiger partial charge in [0.2, 0.25) is 22.0 Å². The number of rotatable bonds is 5. The van der Waals surface area contributed by atoms with E-state index in [9.17, 15) is 22.8 Å². The second-order valence-corrected chi connectivity index (χ2v) is 6.28. The highest BCUT2D eigenvalue weighted by Crippen LogP contribution is 2.33. The fraction of sp³-hybridized carbons (Fsp3) is 0.333. The van der Waals surface area contributed by atoms with Crippen LogP contribution in [0.2, 0.25) is 0 Å². The average molecular weight is 372 g/mol. The van der Waals surface area contributed by atoms with Crippen LogP contribution in [0.25, 0.3) is 0 Å². The number of aromatic nitrogens is 2. The van der Waals surface area contributed by atoms with Crippen LogP contribution >= 0.6 is 11.3 Å². The molecule has 0 bridgehead atoms. The lowest BCUT2D eigenvalue weighted by molar-refractivity contribution is -0.138. The molecule has 0 aliphatic rings. The topological polar surface area (TPSA) is 84.0 Å². The summed E-state index contributed by atoms with van der Waals surface area (Å²) in [6.45, 7) is 3.86. The first-order chi connectivity index (χ1) is 11.6. The van der Waals surface area contributed by atoms with Crippen LogP contribution < -0.4 is 10.6 Å². The predicted octanol–water partition coefficient (Wildman–Crippen LogP) is 3.53. The van der Waals surface area contributed by atoms with Crippen LogP contribution in [-0.2, 0) is 15.8 Å². The molecular weight excluding hydrogens is 357 g/mol. The number of hydrogen-bond acceptors (Lipinski definition) is 5. The molecule has 0 radical (unpaired) electrons. The Morgan fingerprint density at radius 3 is 2.24 bits per heavy atom. The van der Waals surface area contributed by atoms with Gasteiger partial charge in [-0.3, -0.25) is 9.59 Å². The molecule has 25 heavy (non-hydrogen) atoms. The molecule has 1 heterocycles. The summed E-state index contributed by atoms with van der Waals surface area (Å²) in [5.74, 6) is -0.980. The number of carbonyl (C=O) groups is 2. The standard InChI is InChI=1S/C15H15F3N4O2S/c1-8-3-4-10(7-9(8)2)19-11(23)5-6-12(24)20-14-22-21-13(25-14)15(16,17)18/h3-4,7H,5-6H2,1-2H3,(H,19,23)(H,20,22,24). The van der Waals surface area contributed by atoms with E-state index < -0.39 is 17.1 Å². The van der Waals surface area contributed by atoms with Gasteiger partial charge in [-0.2, -0.15) is 13.2 Å². The summed E-state index contributed by atoms with van der Waals surface area (Å²) in [6, 6.07) is 5.43. The number of aryl methyl sites for hydroxylation is 2. The first-order valence-corrected chi connectivity index (χ1v) is 8.04. The molecule has 0 aliphatic heterocycles. The van der Waals surface area contributed by atoms with Gasteiger partial charge in [-0.1, -0.05) is 17.4 Å². The third-order valence-corrected chi connectivity index (χ3v) is 4.17. The first-order valence-electron chi connectivity index (χ1n) is 7.23. The van der Waals surface area contributed by atoms with E-state index in [-0.39, 0.29) is 35.2 Å². The monoisotopic (exact) mass is 372 g/mol. The van der Waals surface area contributed by atoms with Crippen molar-refractivity contribution >= 4 is 34.0 Å². The quantitative estimate of drug-likeness (QED) is 0.841. The van der Waals surface area contributed by atoms with E-state index in [1.807, 2.05) is 26.0 Å². The molecule has 2 aromatic rings. The summed E-state index contributed by atoms with van der Waals surface area (Å²) in [5.41, 5.74) is 2.73. The molecule has 2 N–H and O–H groups in total. The maximum Gasteiger partial charge on any atom is 0.445 e. The Bertz CT molecular complexity index is 789. The van der Waals surface area contributed by atoms with Gasteiger partial charge in [0.25, 0.3) is 0 Å². The maximum atomic E-state index is 12.4. The van der Waals surface area contributed by atoms with Crippen molar-refractivity contribution < 1.29 is 22.8 Å². The SMILES string of the molecule is Cc1ccc(NC(=O)CCC(=O)Nc2nnc(C(F)(F)F)s2)cc1C. The van der Waals surface area contributed by atoms with Crippen molar-refractivity contribution in [1.29, 1.82) is 0 Å². The van der Waals surface area contributed by atoms with Crippen LogP contribution in [0.3, 0.4) is 0 Å². The minimum Gasteiger partial charge on any atom is -0.326 e. The van der Waals surface area contributed by atoms with E-state index in [2.05, 4.69) is 20.8 Å². The van der Waals surface area contributed by atoms with E-state index >= 15 is 0 Å². The zero-order chi connectivity index (χ0) is 18.6. The van der Waals surface area contributed by atoms with E-state index in [1.165, 1.54) is 0 Å². The van der Waals surface area contributed by atoms with Gasteiger partial charge in [-0.15, -0.1) is 10.2 Å². The molecule has 0 aliphatic carbocycles. The molecule has 2 rings (SSSR count). The summed E-state index contributed by atoms with van der Waals surface area (Å²) in [4.78, 5) is 23.5. The van der Waals surface area contributed by atoms with Gasteiger partial charge in [-0.05, 0) is 37.1 Å². The fourth-order valence-electron chi connectivity index (χ4n) is 1.84. The Hall–Kier alpha value is -2.49. The van der Waals surface area contributed by atoms with Crippen molar-refractivity contribution in [3.8, 4) is 0 Å². The van der Waals surface area contributed by atoms with Gasteiger partial charge in [0, 0.05) is 18.5 Å². The molecule has 0 spiro atoms. The molecule has 0 fully saturated rings. The zero-order valence-electron chi connectivity index (χ0n) is 13.4. The van der Waals surface area contributed by atoms with Crippen LogP contribution in [0.1, 0.15) is 29.0 Å². The molecule has 10 heteroatoms. The fourth-order valence-corrected chi connectivity index (χ4v) is 2.47. The molecule has 0 saturated carbocycles. The predicted molar refractivity (Wildman–Crippen MR) is 87.3 cm³/mol. The van der Waals surface area contributed by atoms with E-state index in [1.54, 1.807) is 6.07 Å². The smallest absolute Gasteiger partial charge is 0.326 e. The molecule has 0 saturated heterocycles. The van der Waals surface area contributed by atoms with Crippen LogP contribution in [-0.4, -0.2) is 22.0 Å². The second-order valence-electron chi connectivity index (χ2n) is 5.31. The van der Waals surface area contributed by atoms with E-state index in [4.69, 9.17) is 0 Å². The molecule has 0 atom stereocenters. The summed E-state index contributed by atoms with van der Waals surface area (Å²) in [7, 11) is 0. The number of carbonyl (C=O) groups excluding carboxylic acids is 2. The van der Waals surface area contributed by atoms with Gasteiger partial charge in [0.05, 0.1) is 0 Å². The molecule has 2 amide bonds. The molecule has 1 aromatic carbocycles. The van der Waals surface area contributed by atoms with Crippen molar-refractivity contribution in [2.75, 3.05) is 10.6 Å². The number of nitrogens with zero attached hydrogens (tertiary/aromatic N) is 2. The highest BCUT2D eigenvalue weighted by molar-refractivity contribution is 7.15. The Kier molecular flexibility index (Phi) is 5.73. The molecule has 134 valence electrons. The third-order valence-electron chi connectivity index (χ3n) is 3.28. The van der Waals surface area contributed by atoms with Crippen molar-refractivity contribution in [2.45, 2.75) is 32.9 Å². The van der Waals surface area contributed by atoms with Gasteiger partial charge >= 0.3 is 6.18 Å². The summed E-state index contributed by atoms with van der Waals surface area (Å²) in [5, 5.41) is 9.66. The highest BCUT2D eigenvalue weighted by atomic mass is 32.1. The molecule has 0 unspecified atom stereocenters. The van der Waals surface area contributed by atoms with Crippen molar-refractivity contribution in [2.24, 2.45) is 0 Å². The summed E-state index contributed by atoms with van der Waals surface area (Å²) in [6.07, 6.45) is -4.89. The number of nitrogens with one attached hydrogen (secondary N) is 2. The van der Waals surface area contributed by atoms with Crippen molar-refractivity contribution in [3.63, 3.8) is 0 Å². The van der Waals surface area contributed by atoms with Gasteiger partial charge in [0.1, 0.15) is 0 Å². The van der Waals surface area contributed by atoms with E-state index in [0.29, 0.717) is 5.69 Å². The summed E-state index contributed by atoms with van der Waals surface area (Å²) < 4.78 is 37.2. The number of benzene rings is 1. The number of alkyl halides is 3. The second kappa shape index (κ2) is 7.60. The third kappa shape index (κ3) is 5.52. The van der Waals surface area contributed by atoms with E-state index in [0.717, 1.165) is 11.1 Å². The lowest BCUT2D eigenvalue weighted by Crippen LogP contribution is -2.17. The van der Waals surface area contributed by atoms with Crippen LogP contribution in [0.5, 0.6) is 0 Å². The Balaban J connectivity index is 1.82. The number of anilines is 2. The lowest BCUT2D eigenvalue weighted by Gasteiger charge is -2.07. The maximum absolute atomic E-state index is 12.4. The minimum atomic E-state index is -4.60. The Morgan fingerprint density at radius 2 is 1.68 bits per heavy atom. The molecule has 6 nitrogen and oxygen atoms in total. The first kappa shape index (κ1) is 18.8. The number of hydrogen-bond donors (Lipinski definition) is 2.